The van der Waals surface area contributed by atoms with Crippen molar-refractivity contribution in [1.29, 1.82) is 0 Å². The summed E-state index contributed by atoms with van der Waals surface area (Å²) in [5.74, 6) is 0. The van der Waals surface area contributed by atoms with Gasteiger partial charge in [0.15, 0.2) is 0 Å². The Balaban J connectivity index is 2.06. The van der Waals surface area contributed by atoms with E-state index in [0.29, 0.717) is 19.3 Å². The number of rotatable bonds is 7. The Hall–Kier alpha value is -1.14. The van der Waals surface area contributed by atoms with Gasteiger partial charge < -0.3 is 24.8 Å². The number of methoxy groups -OCH3 is 1. The molecule has 5 heteroatoms. The van der Waals surface area contributed by atoms with Gasteiger partial charge in [-0.15, -0.1) is 0 Å². The first-order valence-electron chi connectivity index (χ1n) is 7.53. The minimum Gasteiger partial charge on any atom is -0.394 e. The fourth-order valence-electron chi connectivity index (χ4n) is 2.60. The van der Waals surface area contributed by atoms with Gasteiger partial charge in [0.25, 0.3) is 0 Å². The molecule has 118 valence electrons. The van der Waals surface area contributed by atoms with E-state index < -0.39 is 0 Å². The average molecular weight is 294 g/mol. The molecule has 0 saturated carbocycles. The number of hydrogen-bond donors (Lipinski definition) is 2. The van der Waals surface area contributed by atoms with Crippen molar-refractivity contribution in [3.05, 3.63) is 29.8 Å². The van der Waals surface area contributed by atoms with E-state index in [9.17, 15) is 5.11 Å². The SMILES string of the molecule is COCCNCc1ccccc1N1CC(CO)OCC1C. The Labute approximate surface area is 126 Å². The van der Waals surface area contributed by atoms with Crippen molar-refractivity contribution in [2.75, 3.05) is 44.9 Å². The number of ether oxygens (including phenoxy) is 2. The van der Waals surface area contributed by atoms with E-state index in [1.807, 2.05) is 0 Å². The lowest BCUT2D eigenvalue weighted by Gasteiger charge is -2.40. The van der Waals surface area contributed by atoms with Crippen molar-refractivity contribution in [1.82, 2.24) is 5.32 Å². The second kappa shape index (κ2) is 8.34. The van der Waals surface area contributed by atoms with Gasteiger partial charge in [-0.3, -0.25) is 0 Å². The summed E-state index contributed by atoms with van der Waals surface area (Å²) in [5, 5.41) is 12.7. The molecule has 1 heterocycles. The van der Waals surface area contributed by atoms with Crippen molar-refractivity contribution in [3.63, 3.8) is 0 Å². The topological polar surface area (TPSA) is 54.0 Å². The number of aliphatic hydroxyl groups excluding tert-OH is 1. The number of nitrogens with one attached hydrogen (secondary N) is 1. The maximum absolute atomic E-state index is 9.33. The number of morpholine rings is 1. The predicted octanol–water partition coefficient (Wildman–Crippen LogP) is 1.01. The lowest BCUT2D eigenvalue weighted by Crippen LogP contribution is -2.50. The Kier molecular flexibility index (Phi) is 6.45. The normalized spacial score (nSPS) is 22.5. The Morgan fingerprint density at radius 1 is 1.43 bits per heavy atom. The molecular weight excluding hydrogens is 268 g/mol. The number of nitrogens with zero attached hydrogens (tertiary/aromatic N) is 1. The second-order valence-electron chi connectivity index (χ2n) is 5.44. The van der Waals surface area contributed by atoms with Crippen molar-refractivity contribution >= 4 is 5.69 Å². The van der Waals surface area contributed by atoms with Crippen LogP contribution in [0.1, 0.15) is 12.5 Å². The molecule has 1 aliphatic rings. The number of benzene rings is 1. The molecule has 1 aliphatic heterocycles. The molecular formula is C16H26N2O3. The van der Waals surface area contributed by atoms with Gasteiger partial charge in [0.1, 0.15) is 0 Å². The van der Waals surface area contributed by atoms with Crippen LogP contribution in [0.2, 0.25) is 0 Å². The van der Waals surface area contributed by atoms with Gasteiger partial charge in [-0.1, -0.05) is 18.2 Å². The summed E-state index contributed by atoms with van der Waals surface area (Å²) < 4.78 is 10.7. The first kappa shape index (κ1) is 16.2. The van der Waals surface area contributed by atoms with Crippen LogP contribution in [0.25, 0.3) is 0 Å². The largest absolute Gasteiger partial charge is 0.394 e. The molecule has 5 nitrogen and oxygen atoms in total. The Morgan fingerprint density at radius 2 is 2.24 bits per heavy atom. The molecule has 1 saturated heterocycles. The first-order chi connectivity index (χ1) is 10.3. The van der Waals surface area contributed by atoms with E-state index >= 15 is 0 Å². The van der Waals surface area contributed by atoms with E-state index in [2.05, 4.69) is 41.4 Å². The number of anilines is 1. The highest BCUT2D eigenvalue weighted by Gasteiger charge is 2.26. The number of para-hydroxylation sites is 1. The third-order valence-corrected chi connectivity index (χ3v) is 3.81. The molecule has 0 spiro atoms. The quantitative estimate of drug-likeness (QED) is 0.735. The van der Waals surface area contributed by atoms with Crippen LogP contribution in [-0.2, 0) is 16.0 Å². The highest BCUT2D eigenvalue weighted by molar-refractivity contribution is 5.54. The molecule has 1 aromatic carbocycles. The van der Waals surface area contributed by atoms with Gasteiger partial charge in [-0.2, -0.15) is 0 Å². The molecule has 1 aromatic rings. The fourth-order valence-corrected chi connectivity index (χ4v) is 2.60. The molecule has 0 aromatic heterocycles. The van der Waals surface area contributed by atoms with Gasteiger partial charge >= 0.3 is 0 Å². The third-order valence-electron chi connectivity index (χ3n) is 3.81. The predicted molar refractivity (Wildman–Crippen MR) is 83.7 cm³/mol. The molecule has 0 amide bonds. The number of hydrogen-bond acceptors (Lipinski definition) is 5. The van der Waals surface area contributed by atoms with Gasteiger partial charge in [0.2, 0.25) is 0 Å². The minimum atomic E-state index is -0.101. The second-order valence-corrected chi connectivity index (χ2v) is 5.44. The zero-order valence-corrected chi connectivity index (χ0v) is 12.9. The Morgan fingerprint density at radius 3 is 3.00 bits per heavy atom. The fraction of sp³-hybridized carbons (Fsp3) is 0.625. The van der Waals surface area contributed by atoms with Crippen molar-refractivity contribution in [3.8, 4) is 0 Å². The lowest BCUT2D eigenvalue weighted by atomic mass is 10.1. The molecule has 2 unspecified atom stereocenters. The molecule has 1 fully saturated rings. The van der Waals surface area contributed by atoms with Crippen LogP contribution < -0.4 is 10.2 Å². The first-order valence-corrected chi connectivity index (χ1v) is 7.53. The average Bonchev–Trinajstić information content (AvgIpc) is 2.53. The van der Waals surface area contributed by atoms with Crippen LogP contribution in [0, 0.1) is 0 Å². The van der Waals surface area contributed by atoms with E-state index in [4.69, 9.17) is 9.47 Å². The zero-order chi connectivity index (χ0) is 15.1. The highest BCUT2D eigenvalue weighted by Crippen LogP contribution is 2.25. The standard InChI is InChI=1S/C16H26N2O3/c1-13-12-21-15(11-19)10-18(13)16-6-4-3-5-14(16)9-17-7-8-20-2/h3-6,13,15,17,19H,7-12H2,1-2H3. The summed E-state index contributed by atoms with van der Waals surface area (Å²) in [7, 11) is 1.71. The summed E-state index contributed by atoms with van der Waals surface area (Å²) in [6.07, 6.45) is -0.101. The molecule has 0 radical (unpaired) electrons. The summed E-state index contributed by atoms with van der Waals surface area (Å²) in [4.78, 5) is 2.33. The monoisotopic (exact) mass is 294 g/mol. The van der Waals surface area contributed by atoms with Gasteiger partial charge in [-0.05, 0) is 18.6 Å². The smallest absolute Gasteiger partial charge is 0.0981 e. The van der Waals surface area contributed by atoms with Crippen LogP contribution in [0.4, 0.5) is 5.69 Å². The zero-order valence-electron chi connectivity index (χ0n) is 12.9. The number of aliphatic hydroxyl groups is 1. The van der Waals surface area contributed by atoms with Crippen LogP contribution in [0.3, 0.4) is 0 Å². The lowest BCUT2D eigenvalue weighted by molar-refractivity contribution is -0.0103. The van der Waals surface area contributed by atoms with Crippen molar-refractivity contribution in [2.24, 2.45) is 0 Å². The summed E-state index contributed by atoms with van der Waals surface area (Å²) in [6, 6.07) is 8.72. The molecule has 21 heavy (non-hydrogen) atoms. The van der Waals surface area contributed by atoms with Crippen LogP contribution >= 0.6 is 0 Å². The van der Waals surface area contributed by atoms with Gasteiger partial charge in [0.05, 0.1) is 25.9 Å². The summed E-state index contributed by atoms with van der Waals surface area (Å²) >= 11 is 0. The summed E-state index contributed by atoms with van der Waals surface area (Å²) in [5.41, 5.74) is 2.48. The van der Waals surface area contributed by atoms with E-state index in [1.54, 1.807) is 7.11 Å². The van der Waals surface area contributed by atoms with Gasteiger partial charge in [-0.25, -0.2) is 0 Å². The maximum atomic E-state index is 9.33. The minimum absolute atomic E-state index is 0.0669. The molecule has 2 N–H and O–H groups in total. The molecule has 2 rings (SSSR count). The van der Waals surface area contributed by atoms with Crippen molar-refractivity contribution in [2.45, 2.75) is 25.6 Å². The molecule has 0 aliphatic carbocycles. The van der Waals surface area contributed by atoms with E-state index in [1.165, 1.54) is 11.3 Å². The molecule has 2 atom stereocenters. The highest BCUT2D eigenvalue weighted by atomic mass is 16.5. The maximum Gasteiger partial charge on any atom is 0.0981 e. The third kappa shape index (κ3) is 4.41. The van der Waals surface area contributed by atoms with Crippen LogP contribution in [0.15, 0.2) is 24.3 Å². The van der Waals surface area contributed by atoms with E-state index in [0.717, 1.165) is 19.6 Å². The van der Waals surface area contributed by atoms with E-state index in [-0.39, 0.29) is 12.7 Å². The van der Waals surface area contributed by atoms with Crippen LogP contribution in [-0.4, -0.2) is 57.3 Å². The van der Waals surface area contributed by atoms with Crippen LogP contribution in [0.5, 0.6) is 0 Å². The summed E-state index contributed by atoms with van der Waals surface area (Å²) in [6.45, 7) is 5.96. The van der Waals surface area contributed by atoms with Crippen molar-refractivity contribution < 1.29 is 14.6 Å². The molecule has 0 bridgehead atoms. The van der Waals surface area contributed by atoms with Gasteiger partial charge in [0, 0.05) is 38.5 Å². The Bertz CT molecular complexity index is 428.